The Morgan fingerprint density at radius 2 is 1.95 bits per heavy atom. The number of hydrogen-bond acceptors (Lipinski definition) is 2. The van der Waals surface area contributed by atoms with Crippen LogP contribution in [0.15, 0.2) is 48.7 Å². The molecule has 0 saturated carbocycles. The average molecular weight is 269 g/mol. The first-order valence-corrected chi connectivity index (χ1v) is 6.16. The fourth-order valence-corrected chi connectivity index (χ4v) is 2.09. The zero-order chi connectivity index (χ0) is 14.1. The Labute approximate surface area is 114 Å². The first-order valence-electron chi connectivity index (χ1n) is 6.16. The Kier molecular flexibility index (Phi) is 2.95. The van der Waals surface area contributed by atoms with E-state index in [9.17, 15) is 9.18 Å². The molecule has 0 fully saturated rings. The molecule has 2 aromatic heterocycles. The van der Waals surface area contributed by atoms with Gasteiger partial charge < -0.3 is 5.32 Å². The molecule has 3 aromatic rings. The van der Waals surface area contributed by atoms with E-state index in [2.05, 4.69) is 10.3 Å². The summed E-state index contributed by atoms with van der Waals surface area (Å²) in [4.78, 5) is 15.9. The molecule has 0 unspecified atom stereocenters. The first-order chi connectivity index (χ1) is 9.65. The van der Waals surface area contributed by atoms with E-state index >= 15 is 0 Å². The number of carbonyl (C=O) groups excluding carboxylic acids is 1. The van der Waals surface area contributed by atoms with Crippen LogP contribution in [-0.4, -0.2) is 15.3 Å². The van der Waals surface area contributed by atoms with Crippen molar-refractivity contribution in [3.05, 3.63) is 54.5 Å². The van der Waals surface area contributed by atoms with E-state index in [1.54, 1.807) is 16.5 Å². The molecular weight excluding hydrogens is 257 g/mol. The van der Waals surface area contributed by atoms with Crippen LogP contribution in [0.4, 0.5) is 10.2 Å². The molecule has 0 spiro atoms. The van der Waals surface area contributed by atoms with Gasteiger partial charge in [0.25, 0.3) is 0 Å². The van der Waals surface area contributed by atoms with Crippen molar-refractivity contribution in [1.82, 2.24) is 9.38 Å². The standard InChI is InChI=1S/C15H12FN3O/c1-10(20)17-15-14(11-5-7-12(16)8-6-11)18-13-4-2-3-9-19(13)15/h2-9H,1H3,(H,17,20). The van der Waals surface area contributed by atoms with Gasteiger partial charge in [0.15, 0.2) is 0 Å². The van der Waals surface area contributed by atoms with Crippen LogP contribution in [0.3, 0.4) is 0 Å². The molecule has 100 valence electrons. The summed E-state index contributed by atoms with van der Waals surface area (Å²) in [5.74, 6) is 0.0947. The molecule has 4 nitrogen and oxygen atoms in total. The second-order valence-electron chi connectivity index (χ2n) is 4.43. The third kappa shape index (κ3) is 2.14. The molecule has 1 amide bonds. The van der Waals surface area contributed by atoms with Gasteiger partial charge in [-0.15, -0.1) is 0 Å². The van der Waals surface area contributed by atoms with Gasteiger partial charge in [0.05, 0.1) is 0 Å². The Balaban J connectivity index is 2.23. The SMILES string of the molecule is CC(=O)Nc1c(-c2ccc(F)cc2)nc2ccccn12. The monoisotopic (exact) mass is 269 g/mol. The Bertz CT molecular complexity index is 777. The predicted molar refractivity (Wildman–Crippen MR) is 74.9 cm³/mol. The van der Waals surface area contributed by atoms with E-state index in [0.717, 1.165) is 11.2 Å². The number of aromatic nitrogens is 2. The summed E-state index contributed by atoms with van der Waals surface area (Å²) in [6.07, 6.45) is 1.82. The van der Waals surface area contributed by atoms with Gasteiger partial charge in [-0.2, -0.15) is 0 Å². The Hall–Kier alpha value is -2.69. The number of nitrogens with one attached hydrogen (secondary N) is 1. The lowest BCUT2D eigenvalue weighted by molar-refractivity contribution is -0.114. The summed E-state index contributed by atoms with van der Waals surface area (Å²) in [7, 11) is 0. The largest absolute Gasteiger partial charge is 0.310 e. The number of pyridine rings is 1. The highest BCUT2D eigenvalue weighted by atomic mass is 19.1. The number of imidazole rings is 1. The van der Waals surface area contributed by atoms with Gasteiger partial charge in [-0.1, -0.05) is 6.07 Å². The van der Waals surface area contributed by atoms with Crippen molar-refractivity contribution < 1.29 is 9.18 Å². The van der Waals surface area contributed by atoms with Gasteiger partial charge in [-0.3, -0.25) is 9.20 Å². The van der Waals surface area contributed by atoms with Crippen molar-refractivity contribution in [3.63, 3.8) is 0 Å². The lowest BCUT2D eigenvalue weighted by atomic mass is 10.1. The van der Waals surface area contributed by atoms with Crippen molar-refractivity contribution in [2.75, 3.05) is 5.32 Å². The fourth-order valence-electron chi connectivity index (χ4n) is 2.09. The van der Waals surface area contributed by atoms with Crippen LogP contribution < -0.4 is 5.32 Å². The highest BCUT2D eigenvalue weighted by molar-refractivity contribution is 5.93. The van der Waals surface area contributed by atoms with Gasteiger partial charge in [0.2, 0.25) is 5.91 Å². The molecule has 2 heterocycles. The fraction of sp³-hybridized carbons (Fsp3) is 0.0667. The molecule has 1 N–H and O–H groups in total. The molecule has 0 aliphatic heterocycles. The van der Waals surface area contributed by atoms with Crippen LogP contribution in [-0.2, 0) is 4.79 Å². The number of benzene rings is 1. The predicted octanol–water partition coefficient (Wildman–Crippen LogP) is 3.10. The van der Waals surface area contributed by atoms with Crippen LogP contribution in [0.1, 0.15) is 6.92 Å². The van der Waals surface area contributed by atoms with E-state index in [4.69, 9.17) is 0 Å². The summed E-state index contributed by atoms with van der Waals surface area (Å²) in [6, 6.07) is 11.6. The van der Waals surface area contributed by atoms with E-state index in [0.29, 0.717) is 11.5 Å². The van der Waals surface area contributed by atoms with Crippen molar-refractivity contribution in [3.8, 4) is 11.3 Å². The molecule has 0 aliphatic carbocycles. The molecule has 20 heavy (non-hydrogen) atoms. The zero-order valence-electron chi connectivity index (χ0n) is 10.8. The van der Waals surface area contributed by atoms with E-state index < -0.39 is 0 Å². The third-order valence-electron chi connectivity index (χ3n) is 2.94. The minimum absolute atomic E-state index is 0.181. The number of amides is 1. The lowest BCUT2D eigenvalue weighted by Crippen LogP contribution is -2.08. The number of rotatable bonds is 2. The Morgan fingerprint density at radius 1 is 1.20 bits per heavy atom. The maximum absolute atomic E-state index is 13.0. The minimum Gasteiger partial charge on any atom is -0.310 e. The van der Waals surface area contributed by atoms with Crippen LogP contribution >= 0.6 is 0 Å². The number of fused-ring (bicyclic) bond motifs is 1. The third-order valence-corrected chi connectivity index (χ3v) is 2.94. The maximum atomic E-state index is 13.0. The molecule has 1 aromatic carbocycles. The van der Waals surface area contributed by atoms with Crippen LogP contribution in [0.25, 0.3) is 16.9 Å². The first kappa shape index (κ1) is 12.3. The summed E-state index contributed by atoms with van der Waals surface area (Å²) < 4.78 is 14.8. The zero-order valence-corrected chi connectivity index (χ0v) is 10.8. The maximum Gasteiger partial charge on any atom is 0.222 e. The second kappa shape index (κ2) is 4.77. The van der Waals surface area contributed by atoms with Crippen LogP contribution in [0, 0.1) is 5.82 Å². The van der Waals surface area contributed by atoms with Gasteiger partial charge in [0, 0.05) is 18.7 Å². The van der Waals surface area contributed by atoms with E-state index in [1.165, 1.54) is 19.1 Å². The highest BCUT2D eigenvalue weighted by Crippen LogP contribution is 2.28. The molecule has 5 heteroatoms. The topological polar surface area (TPSA) is 46.4 Å². The highest BCUT2D eigenvalue weighted by Gasteiger charge is 2.14. The summed E-state index contributed by atoms with van der Waals surface area (Å²) in [6.45, 7) is 1.44. The second-order valence-corrected chi connectivity index (χ2v) is 4.43. The number of nitrogens with zero attached hydrogens (tertiary/aromatic N) is 2. The number of carbonyl (C=O) groups is 1. The van der Waals surface area contributed by atoms with Crippen molar-refractivity contribution in [2.24, 2.45) is 0 Å². The van der Waals surface area contributed by atoms with Crippen LogP contribution in [0.5, 0.6) is 0 Å². The number of halogens is 1. The summed E-state index contributed by atoms with van der Waals surface area (Å²) >= 11 is 0. The summed E-state index contributed by atoms with van der Waals surface area (Å²) in [5, 5.41) is 2.78. The molecular formula is C15H12FN3O. The van der Waals surface area contributed by atoms with Gasteiger partial charge in [-0.25, -0.2) is 9.37 Å². The van der Waals surface area contributed by atoms with Gasteiger partial charge >= 0.3 is 0 Å². The number of anilines is 1. The van der Waals surface area contributed by atoms with Crippen molar-refractivity contribution in [2.45, 2.75) is 6.92 Å². The van der Waals surface area contributed by atoms with Gasteiger partial charge in [-0.05, 0) is 36.4 Å². The molecule has 0 saturated heterocycles. The summed E-state index contributed by atoms with van der Waals surface area (Å²) in [5.41, 5.74) is 2.08. The van der Waals surface area contributed by atoms with Crippen molar-refractivity contribution >= 4 is 17.4 Å². The lowest BCUT2D eigenvalue weighted by Gasteiger charge is -2.05. The van der Waals surface area contributed by atoms with E-state index in [1.807, 2.05) is 24.4 Å². The molecule has 0 aliphatic rings. The molecule has 3 rings (SSSR count). The quantitative estimate of drug-likeness (QED) is 0.777. The van der Waals surface area contributed by atoms with Gasteiger partial charge in [0.1, 0.15) is 23.0 Å². The van der Waals surface area contributed by atoms with E-state index in [-0.39, 0.29) is 11.7 Å². The van der Waals surface area contributed by atoms with Crippen LogP contribution in [0.2, 0.25) is 0 Å². The smallest absolute Gasteiger partial charge is 0.222 e. The molecule has 0 radical (unpaired) electrons. The average Bonchev–Trinajstić information content (AvgIpc) is 2.78. The minimum atomic E-state index is -0.307. The van der Waals surface area contributed by atoms with Crippen molar-refractivity contribution in [1.29, 1.82) is 0 Å². The molecule has 0 bridgehead atoms. The normalized spacial score (nSPS) is 10.7. The Morgan fingerprint density at radius 3 is 2.65 bits per heavy atom. The molecule has 0 atom stereocenters. The number of hydrogen-bond donors (Lipinski definition) is 1.